The number of esters is 2. The van der Waals surface area contributed by atoms with E-state index in [0.29, 0.717) is 12.7 Å². The number of benzene rings is 1. The average Bonchev–Trinajstić information content (AvgIpc) is 2.63. The second-order valence-electron chi connectivity index (χ2n) is 6.07. The molecule has 2 rings (SSSR count). The zero-order valence-electron chi connectivity index (χ0n) is 14.7. The third-order valence-corrected chi connectivity index (χ3v) is 4.38. The van der Waals surface area contributed by atoms with Crippen molar-refractivity contribution >= 4 is 18.2 Å². The molecular weight excluding hydrogens is 340 g/mol. The molecule has 0 saturated heterocycles. The molecule has 3 atom stereocenters. The Labute approximate surface area is 151 Å². The third-order valence-electron chi connectivity index (χ3n) is 4.38. The van der Waals surface area contributed by atoms with Gasteiger partial charge < -0.3 is 24.1 Å². The van der Waals surface area contributed by atoms with Gasteiger partial charge in [0.2, 0.25) is 0 Å². The van der Waals surface area contributed by atoms with Gasteiger partial charge in [-0.2, -0.15) is 0 Å². The summed E-state index contributed by atoms with van der Waals surface area (Å²) in [5, 5.41) is 9.26. The van der Waals surface area contributed by atoms with Crippen LogP contribution >= 0.6 is 0 Å². The van der Waals surface area contributed by atoms with E-state index in [1.54, 1.807) is 31.2 Å². The Bertz CT molecular complexity index is 678. The van der Waals surface area contributed by atoms with E-state index in [4.69, 9.17) is 9.47 Å². The van der Waals surface area contributed by atoms with E-state index in [1.807, 2.05) is 0 Å². The number of aldehydes is 1. The number of hydrogen-bond acceptors (Lipinski definition) is 7. The van der Waals surface area contributed by atoms with Gasteiger partial charge in [0.15, 0.2) is 0 Å². The number of phenolic OH excluding ortho intramolecular Hbond substituents is 1. The molecule has 26 heavy (non-hydrogen) atoms. The number of hydrogen-bond donors (Lipinski definition) is 1. The monoisotopic (exact) mass is 362 g/mol. The summed E-state index contributed by atoms with van der Waals surface area (Å²) in [5.41, 5.74) is 1.05. The lowest BCUT2D eigenvalue weighted by Gasteiger charge is -2.32. The summed E-state index contributed by atoms with van der Waals surface area (Å²) in [4.78, 5) is 35.5. The van der Waals surface area contributed by atoms with Crippen LogP contribution in [0.5, 0.6) is 5.75 Å². The number of rotatable bonds is 7. The van der Waals surface area contributed by atoms with Crippen LogP contribution < -0.4 is 0 Å². The molecule has 1 heterocycles. The van der Waals surface area contributed by atoms with Gasteiger partial charge in [-0.25, -0.2) is 4.79 Å². The first-order valence-corrected chi connectivity index (χ1v) is 8.29. The van der Waals surface area contributed by atoms with Crippen LogP contribution in [0.2, 0.25) is 0 Å². The van der Waals surface area contributed by atoms with E-state index < -0.39 is 29.9 Å². The Morgan fingerprint density at radius 3 is 2.58 bits per heavy atom. The quantitative estimate of drug-likeness (QED) is 0.583. The fraction of sp³-hybridized carbons (Fsp3) is 0.421. The number of ether oxygens (including phenoxy) is 3. The van der Waals surface area contributed by atoms with Crippen LogP contribution in [-0.2, 0) is 35.0 Å². The van der Waals surface area contributed by atoms with Gasteiger partial charge in [-0.05, 0) is 24.6 Å². The Kier molecular flexibility index (Phi) is 6.77. The highest BCUT2D eigenvalue weighted by atomic mass is 16.5. The topological polar surface area (TPSA) is 99.1 Å². The number of aromatic hydroxyl groups is 1. The molecule has 7 nitrogen and oxygen atoms in total. The van der Waals surface area contributed by atoms with Crippen molar-refractivity contribution in [2.45, 2.75) is 25.9 Å². The van der Waals surface area contributed by atoms with E-state index in [1.165, 1.54) is 13.4 Å². The van der Waals surface area contributed by atoms with E-state index in [9.17, 15) is 19.5 Å². The van der Waals surface area contributed by atoms with Crippen LogP contribution in [-0.4, -0.2) is 43.2 Å². The lowest BCUT2D eigenvalue weighted by Crippen LogP contribution is -2.37. The summed E-state index contributed by atoms with van der Waals surface area (Å²) in [6.45, 7) is 1.82. The largest absolute Gasteiger partial charge is 0.508 e. The second-order valence-corrected chi connectivity index (χ2v) is 6.07. The SMILES string of the molecule is COC(=O)C[C@@H]1C(C(=O)OCCc2ccc(O)cc2)=CO[C@H](C)[C@H]1C=O. The Morgan fingerprint density at radius 2 is 1.96 bits per heavy atom. The molecule has 1 N–H and O–H groups in total. The lowest BCUT2D eigenvalue weighted by molar-refractivity contribution is -0.144. The minimum Gasteiger partial charge on any atom is -0.508 e. The van der Waals surface area contributed by atoms with E-state index in [2.05, 4.69) is 4.74 Å². The predicted octanol–water partition coefficient (Wildman–Crippen LogP) is 1.77. The van der Waals surface area contributed by atoms with Crippen LogP contribution in [0.15, 0.2) is 36.1 Å². The first kappa shape index (κ1) is 19.5. The van der Waals surface area contributed by atoms with Gasteiger partial charge in [-0.1, -0.05) is 12.1 Å². The summed E-state index contributed by atoms with van der Waals surface area (Å²) in [6.07, 6.45) is 1.87. The first-order valence-electron chi connectivity index (χ1n) is 8.29. The predicted molar refractivity (Wildman–Crippen MR) is 91.1 cm³/mol. The van der Waals surface area contributed by atoms with Gasteiger partial charge in [-0.15, -0.1) is 0 Å². The highest BCUT2D eigenvalue weighted by Crippen LogP contribution is 2.33. The summed E-state index contributed by atoms with van der Waals surface area (Å²) in [7, 11) is 1.25. The molecule has 0 bridgehead atoms. The van der Waals surface area contributed by atoms with Gasteiger partial charge >= 0.3 is 11.9 Å². The van der Waals surface area contributed by atoms with Crippen molar-refractivity contribution in [2.24, 2.45) is 11.8 Å². The second kappa shape index (κ2) is 9.03. The van der Waals surface area contributed by atoms with Crippen LogP contribution in [0.1, 0.15) is 18.9 Å². The molecule has 1 aromatic rings. The van der Waals surface area contributed by atoms with Gasteiger partial charge in [0.25, 0.3) is 0 Å². The fourth-order valence-electron chi connectivity index (χ4n) is 2.81. The minimum absolute atomic E-state index is 0.105. The molecule has 0 fully saturated rings. The van der Waals surface area contributed by atoms with Crippen LogP contribution in [0, 0.1) is 11.8 Å². The molecule has 1 aliphatic rings. The molecule has 140 valence electrons. The Hall–Kier alpha value is -2.83. The van der Waals surface area contributed by atoms with Crippen molar-refractivity contribution in [1.82, 2.24) is 0 Å². The normalized spacial score (nSPS) is 21.9. The summed E-state index contributed by atoms with van der Waals surface area (Å²) in [5.74, 6) is -2.27. The Balaban J connectivity index is 2.02. The minimum atomic E-state index is -0.648. The first-order chi connectivity index (χ1) is 12.5. The van der Waals surface area contributed by atoms with Gasteiger partial charge in [0.1, 0.15) is 18.1 Å². The van der Waals surface area contributed by atoms with Crippen molar-refractivity contribution in [1.29, 1.82) is 0 Å². The number of methoxy groups -OCH3 is 1. The standard InChI is InChI=1S/C19H22O7/c1-12-16(10-20)15(9-18(22)24-2)17(11-26-12)19(23)25-8-7-13-3-5-14(21)6-4-13/h3-6,10-12,15-16,21H,7-9H2,1-2H3/t12-,15+,16-/m1/s1. The molecule has 0 radical (unpaired) electrons. The van der Waals surface area contributed by atoms with Gasteiger partial charge in [-0.3, -0.25) is 4.79 Å². The van der Waals surface area contributed by atoms with Crippen LogP contribution in [0.4, 0.5) is 0 Å². The molecule has 0 saturated carbocycles. The molecule has 0 aromatic heterocycles. The Morgan fingerprint density at radius 1 is 1.27 bits per heavy atom. The van der Waals surface area contributed by atoms with Gasteiger partial charge in [0, 0.05) is 12.3 Å². The fourth-order valence-corrected chi connectivity index (χ4v) is 2.81. The number of carbonyl (C=O) groups excluding carboxylic acids is 3. The lowest BCUT2D eigenvalue weighted by atomic mass is 9.80. The molecular formula is C19H22O7. The van der Waals surface area contributed by atoms with E-state index >= 15 is 0 Å². The number of phenols is 1. The van der Waals surface area contributed by atoms with Crippen molar-refractivity contribution in [2.75, 3.05) is 13.7 Å². The molecule has 1 aromatic carbocycles. The summed E-state index contributed by atoms with van der Waals surface area (Å²) in [6, 6.07) is 6.57. The molecule has 0 amide bonds. The molecule has 0 aliphatic carbocycles. The van der Waals surface area contributed by atoms with Crippen molar-refractivity contribution in [3.8, 4) is 5.75 Å². The zero-order valence-corrected chi connectivity index (χ0v) is 14.7. The highest BCUT2D eigenvalue weighted by Gasteiger charge is 2.39. The molecule has 1 aliphatic heterocycles. The van der Waals surface area contributed by atoms with E-state index in [0.717, 1.165) is 5.56 Å². The zero-order chi connectivity index (χ0) is 19.1. The maximum absolute atomic E-state index is 12.4. The maximum atomic E-state index is 12.4. The average molecular weight is 362 g/mol. The highest BCUT2D eigenvalue weighted by molar-refractivity contribution is 5.90. The smallest absolute Gasteiger partial charge is 0.337 e. The summed E-state index contributed by atoms with van der Waals surface area (Å²) < 4.78 is 15.3. The molecule has 7 heteroatoms. The van der Waals surface area contributed by atoms with Crippen molar-refractivity contribution in [3.05, 3.63) is 41.7 Å². The molecule has 0 spiro atoms. The third kappa shape index (κ3) is 4.84. The van der Waals surface area contributed by atoms with Gasteiger partial charge in [0.05, 0.1) is 37.9 Å². The van der Waals surface area contributed by atoms with Crippen LogP contribution in [0.3, 0.4) is 0 Å². The number of carbonyl (C=O) groups is 3. The van der Waals surface area contributed by atoms with E-state index in [-0.39, 0.29) is 24.4 Å². The summed E-state index contributed by atoms with van der Waals surface area (Å²) >= 11 is 0. The molecule has 0 unspecified atom stereocenters. The van der Waals surface area contributed by atoms with Crippen molar-refractivity contribution in [3.63, 3.8) is 0 Å². The maximum Gasteiger partial charge on any atom is 0.337 e. The van der Waals surface area contributed by atoms with Crippen LogP contribution in [0.25, 0.3) is 0 Å². The van der Waals surface area contributed by atoms with Crippen molar-refractivity contribution < 1.29 is 33.7 Å².